The van der Waals surface area contributed by atoms with Gasteiger partial charge < -0.3 is 5.11 Å². The van der Waals surface area contributed by atoms with E-state index >= 15 is 0 Å². The van der Waals surface area contributed by atoms with Gasteiger partial charge >= 0.3 is 0 Å². The smallest absolute Gasteiger partial charge is 0.147 e. The molecule has 2 rings (SSSR count). The van der Waals surface area contributed by atoms with Crippen molar-refractivity contribution in [2.75, 3.05) is 0 Å². The van der Waals surface area contributed by atoms with Gasteiger partial charge in [0, 0.05) is 11.8 Å². The molecule has 1 aliphatic rings. The number of halogens is 1. The standard InChI is InChI=1S/C11H14FNO/c1-2-11(14,8-3-4-8)9-5-6-13-7-10(9)12/h5-8,14H,2-4H2,1H3. The highest BCUT2D eigenvalue weighted by molar-refractivity contribution is 5.23. The van der Waals surface area contributed by atoms with Crippen molar-refractivity contribution in [2.45, 2.75) is 31.8 Å². The van der Waals surface area contributed by atoms with Gasteiger partial charge in [-0.25, -0.2) is 4.39 Å². The molecule has 1 unspecified atom stereocenters. The largest absolute Gasteiger partial charge is 0.385 e. The first-order valence-corrected chi connectivity index (χ1v) is 5.01. The first-order chi connectivity index (χ1) is 6.68. The van der Waals surface area contributed by atoms with Crippen molar-refractivity contribution in [1.29, 1.82) is 0 Å². The molecule has 0 radical (unpaired) electrons. The highest BCUT2D eigenvalue weighted by Gasteiger charge is 2.44. The second kappa shape index (κ2) is 3.31. The fourth-order valence-electron chi connectivity index (χ4n) is 1.99. The Kier molecular flexibility index (Phi) is 2.27. The summed E-state index contributed by atoms with van der Waals surface area (Å²) < 4.78 is 13.4. The summed E-state index contributed by atoms with van der Waals surface area (Å²) >= 11 is 0. The van der Waals surface area contributed by atoms with E-state index in [0.717, 1.165) is 12.8 Å². The van der Waals surface area contributed by atoms with Crippen LogP contribution in [0.4, 0.5) is 4.39 Å². The van der Waals surface area contributed by atoms with Gasteiger partial charge in [-0.1, -0.05) is 6.92 Å². The summed E-state index contributed by atoms with van der Waals surface area (Å²) in [6.45, 7) is 1.89. The van der Waals surface area contributed by atoms with Crippen LogP contribution in [0.25, 0.3) is 0 Å². The van der Waals surface area contributed by atoms with Crippen LogP contribution in [-0.2, 0) is 5.60 Å². The molecule has 0 bridgehead atoms. The van der Waals surface area contributed by atoms with Crippen LogP contribution < -0.4 is 0 Å². The number of hydrogen-bond donors (Lipinski definition) is 1. The SMILES string of the molecule is CCC(O)(c1ccncc1F)C1CC1. The van der Waals surface area contributed by atoms with Crippen LogP contribution >= 0.6 is 0 Å². The van der Waals surface area contributed by atoms with Gasteiger partial charge in [0.2, 0.25) is 0 Å². The van der Waals surface area contributed by atoms with Crippen molar-refractivity contribution in [2.24, 2.45) is 5.92 Å². The van der Waals surface area contributed by atoms with E-state index in [-0.39, 0.29) is 5.92 Å². The minimum absolute atomic E-state index is 0.226. The van der Waals surface area contributed by atoms with Crippen LogP contribution in [0.3, 0.4) is 0 Å². The Morgan fingerprint density at radius 1 is 1.64 bits per heavy atom. The number of hydrogen-bond acceptors (Lipinski definition) is 2. The van der Waals surface area contributed by atoms with Crippen molar-refractivity contribution >= 4 is 0 Å². The van der Waals surface area contributed by atoms with E-state index in [4.69, 9.17) is 0 Å². The van der Waals surface area contributed by atoms with Gasteiger partial charge in [0.25, 0.3) is 0 Å². The zero-order chi connectivity index (χ0) is 10.2. The van der Waals surface area contributed by atoms with Crippen molar-refractivity contribution in [3.63, 3.8) is 0 Å². The maximum absolute atomic E-state index is 13.4. The highest BCUT2D eigenvalue weighted by atomic mass is 19.1. The maximum atomic E-state index is 13.4. The van der Waals surface area contributed by atoms with Crippen LogP contribution in [-0.4, -0.2) is 10.1 Å². The fraction of sp³-hybridized carbons (Fsp3) is 0.545. The molecule has 1 aliphatic carbocycles. The van der Waals surface area contributed by atoms with Gasteiger partial charge in [-0.3, -0.25) is 4.98 Å². The molecule has 0 aromatic carbocycles. The summed E-state index contributed by atoms with van der Waals surface area (Å²) in [5, 5.41) is 10.3. The molecule has 0 spiro atoms. The number of aliphatic hydroxyl groups is 1. The molecule has 1 fully saturated rings. The van der Waals surface area contributed by atoms with E-state index in [1.807, 2.05) is 6.92 Å². The third kappa shape index (κ3) is 1.42. The maximum Gasteiger partial charge on any atom is 0.147 e. The molecule has 2 nitrogen and oxygen atoms in total. The zero-order valence-electron chi connectivity index (χ0n) is 8.20. The third-order valence-corrected chi connectivity index (χ3v) is 3.03. The van der Waals surface area contributed by atoms with E-state index < -0.39 is 11.4 Å². The lowest BCUT2D eigenvalue weighted by Crippen LogP contribution is -2.28. The van der Waals surface area contributed by atoms with Gasteiger partial charge in [-0.15, -0.1) is 0 Å². The topological polar surface area (TPSA) is 33.1 Å². The predicted octanol–water partition coefficient (Wildman–Crippen LogP) is 2.23. The fourth-order valence-corrected chi connectivity index (χ4v) is 1.99. The van der Waals surface area contributed by atoms with Gasteiger partial charge in [0.05, 0.1) is 11.8 Å². The summed E-state index contributed by atoms with van der Waals surface area (Å²) in [6.07, 6.45) is 5.23. The molecule has 14 heavy (non-hydrogen) atoms. The van der Waals surface area contributed by atoms with Gasteiger partial charge in [-0.05, 0) is 31.2 Å². The van der Waals surface area contributed by atoms with Crippen LogP contribution in [0.1, 0.15) is 31.7 Å². The van der Waals surface area contributed by atoms with Gasteiger partial charge in [-0.2, -0.15) is 0 Å². The molecule has 1 atom stereocenters. The van der Waals surface area contributed by atoms with Crippen molar-refractivity contribution in [3.05, 3.63) is 29.8 Å². The first kappa shape index (κ1) is 9.59. The number of nitrogens with zero attached hydrogens (tertiary/aromatic N) is 1. The minimum atomic E-state index is -0.979. The molecule has 1 saturated carbocycles. The number of aromatic nitrogens is 1. The van der Waals surface area contributed by atoms with Crippen LogP contribution in [0.5, 0.6) is 0 Å². The van der Waals surface area contributed by atoms with E-state index in [1.165, 1.54) is 12.4 Å². The molecule has 76 valence electrons. The van der Waals surface area contributed by atoms with Gasteiger partial charge in [0.15, 0.2) is 0 Å². The molecule has 3 heteroatoms. The first-order valence-electron chi connectivity index (χ1n) is 5.01. The molecule has 1 aromatic heterocycles. The predicted molar refractivity (Wildman–Crippen MR) is 51.1 cm³/mol. The van der Waals surface area contributed by atoms with Crippen molar-refractivity contribution in [1.82, 2.24) is 4.98 Å². The average molecular weight is 195 g/mol. The lowest BCUT2D eigenvalue weighted by molar-refractivity contribution is 0.00543. The summed E-state index contributed by atoms with van der Waals surface area (Å²) in [4.78, 5) is 3.69. The molecular formula is C11H14FNO. The molecule has 0 amide bonds. The Morgan fingerprint density at radius 2 is 2.36 bits per heavy atom. The Hall–Kier alpha value is -0.960. The number of rotatable bonds is 3. The van der Waals surface area contributed by atoms with Crippen molar-refractivity contribution in [3.8, 4) is 0 Å². The molecule has 0 saturated heterocycles. The molecular weight excluding hydrogens is 181 g/mol. The van der Waals surface area contributed by atoms with Gasteiger partial charge in [0.1, 0.15) is 5.82 Å². The van der Waals surface area contributed by atoms with Crippen LogP contribution in [0.2, 0.25) is 0 Å². The molecule has 1 N–H and O–H groups in total. The normalized spacial score (nSPS) is 20.5. The van der Waals surface area contributed by atoms with Crippen LogP contribution in [0.15, 0.2) is 18.5 Å². The summed E-state index contributed by atoms with van der Waals surface area (Å²) in [5.41, 5.74) is -0.579. The monoisotopic (exact) mass is 195 g/mol. The quantitative estimate of drug-likeness (QED) is 0.802. The Labute approximate surface area is 82.8 Å². The minimum Gasteiger partial charge on any atom is -0.385 e. The summed E-state index contributed by atoms with van der Waals surface area (Å²) in [6, 6.07) is 1.58. The molecule has 1 aromatic rings. The Bertz CT molecular complexity index is 338. The highest BCUT2D eigenvalue weighted by Crippen LogP contribution is 2.48. The Morgan fingerprint density at radius 3 is 2.86 bits per heavy atom. The lowest BCUT2D eigenvalue weighted by atomic mass is 9.87. The zero-order valence-corrected chi connectivity index (χ0v) is 8.20. The van der Waals surface area contributed by atoms with E-state index in [0.29, 0.717) is 12.0 Å². The second-order valence-corrected chi connectivity index (χ2v) is 3.91. The average Bonchev–Trinajstić information content (AvgIpc) is 3.01. The Balaban J connectivity index is 2.40. The van der Waals surface area contributed by atoms with Crippen LogP contribution in [0, 0.1) is 11.7 Å². The summed E-state index contributed by atoms with van der Waals surface area (Å²) in [5.74, 6) is -0.173. The lowest BCUT2D eigenvalue weighted by Gasteiger charge is -2.27. The third-order valence-electron chi connectivity index (χ3n) is 3.03. The van der Waals surface area contributed by atoms with E-state index in [1.54, 1.807) is 6.07 Å². The second-order valence-electron chi connectivity index (χ2n) is 3.91. The summed E-state index contributed by atoms with van der Waals surface area (Å²) in [7, 11) is 0. The van der Waals surface area contributed by atoms with Crippen molar-refractivity contribution < 1.29 is 9.50 Å². The molecule has 1 heterocycles. The molecule has 0 aliphatic heterocycles. The number of pyridine rings is 1. The van der Waals surface area contributed by atoms with E-state index in [9.17, 15) is 9.50 Å². The van der Waals surface area contributed by atoms with E-state index in [2.05, 4.69) is 4.98 Å².